The number of ether oxygens (including phenoxy) is 4. The summed E-state index contributed by atoms with van der Waals surface area (Å²) in [5, 5.41) is 2.95. The highest BCUT2D eigenvalue weighted by Gasteiger charge is 2.46. The number of likely N-dealkylation sites (tertiary alicyclic amines) is 1. The van der Waals surface area contributed by atoms with Crippen LogP contribution in [0.25, 0.3) is 0 Å². The van der Waals surface area contributed by atoms with Gasteiger partial charge < -0.3 is 24.3 Å². The molecule has 8 heteroatoms. The van der Waals surface area contributed by atoms with Crippen LogP contribution >= 0.6 is 0 Å². The number of esters is 1. The highest BCUT2D eigenvalue weighted by molar-refractivity contribution is 5.81. The van der Waals surface area contributed by atoms with Gasteiger partial charge in [0.1, 0.15) is 6.04 Å². The van der Waals surface area contributed by atoms with E-state index in [2.05, 4.69) is 5.32 Å². The second-order valence-electron chi connectivity index (χ2n) is 7.87. The lowest BCUT2D eigenvalue weighted by Gasteiger charge is -2.32. The molecule has 2 aliphatic rings. The Hall–Kier alpha value is -2.48. The molecule has 2 fully saturated rings. The van der Waals surface area contributed by atoms with Gasteiger partial charge >= 0.3 is 5.97 Å². The number of benzene rings is 1. The molecule has 3 unspecified atom stereocenters. The number of nitrogens with one attached hydrogen (secondary N) is 1. The van der Waals surface area contributed by atoms with Crippen molar-refractivity contribution in [1.29, 1.82) is 0 Å². The largest absolute Gasteiger partial charge is 0.493 e. The second kappa shape index (κ2) is 10.0. The molecular formula is C22H32N2O6. The van der Waals surface area contributed by atoms with E-state index < -0.39 is 0 Å². The summed E-state index contributed by atoms with van der Waals surface area (Å²) in [6.07, 6.45) is 5.24. The van der Waals surface area contributed by atoms with Crippen LogP contribution in [0.15, 0.2) is 12.1 Å². The van der Waals surface area contributed by atoms with Gasteiger partial charge in [0, 0.05) is 12.6 Å². The van der Waals surface area contributed by atoms with E-state index in [1.165, 1.54) is 13.5 Å². The van der Waals surface area contributed by atoms with Crippen LogP contribution in [0.5, 0.6) is 17.2 Å². The average molecular weight is 421 g/mol. The van der Waals surface area contributed by atoms with Crippen LogP contribution in [0.1, 0.15) is 37.7 Å². The monoisotopic (exact) mass is 420 g/mol. The third-order valence-electron chi connectivity index (χ3n) is 6.23. The fourth-order valence-corrected chi connectivity index (χ4v) is 4.81. The normalized spacial score (nSPS) is 23.4. The zero-order valence-corrected chi connectivity index (χ0v) is 18.2. The van der Waals surface area contributed by atoms with Crippen molar-refractivity contribution in [3.8, 4) is 17.2 Å². The van der Waals surface area contributed by atoms with E-state index >= 15 is 0 Å². The number of carbonyl (C=O) groups excluding carboxylic acids is 2. The smallest absolute Gasteiger partial charge is 0.323 e. The second-order valence-corrected chi connectivity index (χ2v) is 7.87. The van der Waals surface area contributed by atoms with Gasteiger partial charge in [0.05, 0.1) is 35.0 Å². The Morgan fingerprint density at radius 2 is 1.70 bits per heavy atom. The van der Waals surface area contributed by atoms with E-state index in [0.717, 1.165) is 31.2 Å². The van der Waals surface area contributed by atoms with Crippen molar-refractivity contribution in [3.05, 3.63) is 17.7 Å². The number of hydrogen-bond donors (Lipinski definition) is 1. The first-order valence-corrected chi connectivity index (χ1v) is 10.4. The average Bonchev–Trinajstić information content (AvgIpc) is 3.14. The predicted molar refractivity (Wildman–Crippen MR) is 111 cm³/mol. The molecule has 1 saturated heterocycles. The molecule has 1 aromatic rings. The molecule has 0 bridgehead atoms. The van der Waals surface area contributed by atoms with Gasteiger partial charge in [-0.2, -0.15) is 0 Å². The van der Waals surface area contributed by atoms with Crippen molar-refractivity contribution in [2.75, 3.05) is 35.0 Å². The van der Waals surface area contributed by atoms with Gasteiger partial charge in [-0.15, -0.1) is 0 Å². The van der Waals surface area contributed by atoms with E-state index in [9.17, 15) is 9.59 Å². The third-order valence-corrected chi connectivity index (χ3v) is 6.23. The van der Waals surface area contributed by atoms with Crippen molar-refractivity contribution in [3.63, 3.8) is 0 Å². The highest BCUT2D eigenvalue weighted by atomic mass is 16.5. The van der Waals surface area contributed by atoms with Crippen LogP contribution in [0.2, 0.25) is 0 Å². The van der Waals surface area contributed by atoms with Gasteiger partial charge in [0.25, 0.3) is 0 Å². The third kappa shape index (κ3) is 4.64. The molecule has 1 aromatic carbocycles. The standard InChI is InChI=1S/C22H32N2O6/c1-27-18-9-14(10-19(28-2)21(18)29-3)12-23-20(25)13-24-16-8-6-5-7-15(16)11-17(24)22(26)30-4/h9-10,15-17H,5-8,11-13H2,1-4H3,(H,23,25). The van der Waals surface area contributed by atoms with Crippen LogP contribution in [-0.4, -0.2) is 63.8 Å². The fraction of sp³-hybridized carbons (Fsp3) is 0.636. The summed E-state index contributed by atoms with van der Waals surface area (Å²) in [6, 6.07) is 3.56. The summed E-state index contributed by atoms with van der Waals surface area (Å²) in [6.45, 7) is 0.506. The van der Waals surface area contributed by atoms with Crippen LogP contribution < -0.4 is 19.5 Å². The highest BCUT2D eigenvalue weighted by Crippen LogP contribution is 2.40. The Bertz CT molecular complexity index is 743. The van der Waals surface area contributed by atoms with Crippen molar-refractivity contribution in [1.82, 2.24) is 10.2 Å². The van der Waals surface area contributed by atoms with Crippen LogP contribution in [0.4, 0.5) is 0 Å². The molecule has 1 heterocycles. The minimum absolute atomic E-state index is 0.121. The Balaban J connectivity index is 1.66. The zero-order valence-electron chi connectivity index (χ0n) is 18.2. The molecule has 0 spiro atoms. The Morgan fingerprint density at radius 1 is 1.03 bits per heavy atom. The van der Waals surface area contributed by atoms with E-state index in [1.807, 2.05) is 17.0 Å². The molecule has 30 heavy (non-hydrogen) atoms. The molecule has 0 radical (unpaired) electrons. The van der Waals surface area contributed by atoms with Crippen molar-refractivity contribution in [2.45, 2.75) is 50.7 Å². The molecule has 3 atom stereocenters. The number of rotatable bonds is 8. The topological polar surface area (TPSA) is 86.3 Å². The molecule has 166 valence electrons. The molecule has 1 amide bonds. The number of nitrogens with zero attached hydrogens (tertiary/aromatic N) is 1. The molecule has 1 aliphatic heterocycles. The van der Waals surface area contributed by atoms with Crippen molar-refractivity contribution in [2.24, 2.45) is 5.92 Å². The minimum atomic E-state index is -0.338. The molecular weight excluding hydrogens is 388 g/mol. The number of fused-ring (bicyclic) bond motifs is 1. The van der Waals surface area contributed by atoms with Gasteiger partial charge in [-0.25, -0.2) is 0 Å². The molecule has 1 saturated carbocycles. The van der Waals surface area contributed by atoms with Gasteiger partial charge in [-0.05, 0) is 42.9 Å². The Labute approximate surface area is 177 Å². The van der Waals surface area contributed by atoms with Crippen molar-refractivity contribution >= 4 is 11.9 Å². The number of methoxy groups -OCH3 is 4. The van der Waals surface area contributed by atoms with Crippen LogP contribution in [0.3, 0.4) is 0 Å². The molecule has 1 aliphatic carbocycles. The summed E-state index contributed by atoms with van der Waals surface area (Å²) in [5.41, 5.74) is 0.833. The molecule has 0 aromatic heterocycles. The number of hydrogen-bond acceptors (Lipinski definition) is 7. The number of amides is 1. The summed E-state index contributed by atoms with van der Waals surface area (Å²) < 4.78 is 21.1. The predicted octanol–water partition coefficient (Wildman–Crippen LogP) is 2.13. The summed E-state index contributed by atoms with van der Waals surface area (Å²) in [4.78, 5) is 27.1. The zero-order chi connectivity index (χ0) is 21.7. The number of carbonyl (C=O) groups is 2. The minimum Gasteiger partial charge on any atom is -0.493 e. The Morgan fingerprint density at radius 3 is 2.30 bits per heavy atom. The van der Waals surface area contributed by atoms with Gasteiger partial charge in [0.15, 0.2) is 11.5 Å². The molecule has 3 rings (SSSR count). The lowest BCUT2D eigenvalue weighted by atomic mass is 9.85. The van der Waals surface area contributed by atoms with E-state index in [-0.39, 0.29) is 30.5 Å². The van der Waals surface area contributed by atoms with Gasteiger partial charge in [-0.1, -0.05) is 12.8 Å². The SMILES string of the molecule is COC(=O)C1CC2CCCCC2N1CC(=O)NCc1cc(OC)c(OC)c(OC)c1. The first-order chi connectivity index (χ1) is 14.5. The summed E-state index contributed by atoms with van der Waals surface area (Å²) in [7, 11) is 6.07. The molecule has 1 N–H and O–H groups in total. The first-order valence-electron chi connectivity index (χ1n) is 10.4. The Kier molecular flexibility index (Phi) is 7.42. The van der Waals surface area contributed by atoms with E-state index in [0.29, 0.717) is 29.7 Å². The summed E-state index contributed by atoms with van der Waals surface area (Å²) >= 11 is 0. The fourth-order valence-electron chi connectivity index (χ4n) is 4.81. The van der Waals surface area contributed by atoms with Crippen LogP contribution in [-0.2, 0) is 20.9 Å². The maximum Gasteiger partial charge on any atom is 0.323 e. The first kappa shape index (κ1) is 22.2. The molecule has 8 nitrogen and oxygen atoms in total. The quantitative estimate of drug-likeness (QED) is 0.645. The summed E-state index contributed by atoms with van der Waals surface area (Å²) in [5.74, 6) is 1.68. The van der Waals surface area contributed by atoms with Crippen LogP contribution in [0, 0.1) is 5.92 Å². The van der Waals surface area contributed by atoms with Gasteiger partial charge in [0.2, 0.25) is 11.7 Å². The van der Waals surface area contributed by atoms with E-state index in [4.69, 9.17) is 18.9 Å². The lowest BCUT2D eigenvalue weighted by Crippen LogP contribution is -2.47. The van der Waals surface area contributed by atoms with Crippen molar-refractivity contribution < 1.29 is 28.5 Å². The maximum absolute atomic E-state index is 12.7. The van der Waals surface area contributed by atoms with Gasteiger partial charge in [-0.3, -0.25) is 14.5 Å². The van der Waals surface area contributed by atoms with E-state index in [1.54, 1.807) is 21.3 Å². The maximum atomic E-state index is 12.7. The lowest BCUT2D eigenvalue weighted by molar-refractivity contribution is -0.146.